The van der Waals surface area contributed by atoms with Crippen LogP contribution in [0.4, 0.5) is 11.4 Å². The lowest BCUT2D eigenvalue weighted by Gasteiger charge is -2.22. The van der Waals surface area contributed by atoms with Crippen molar-refractivity contribution in [1.82, 2.24) is 0 Å². The predicted octanol–water partition coefficient (Wildman–Crippen LogP) is 1.83. The molecule has 0 radical (unpaired) electrons. The number of hydrogen-bond donors (Lipinski definition) is 0. The molecular weight excluding hydrogens is 404 g/mol. The van der Waals surface area contributed by atoms with Crippen molar-refractivity contribution in [2.45, 2.75) is 11.8 Å². The second-order valence-electron chi connectivity index (χ2n) is 6.43. The van der Waals surface area contributed by atoms with Gasteiger partial charge >= 0.3 is 0 Å². The van der Waals surface area contributed by atoms with Gasteiger partial charge in [-0.05, 0) is 30.3 Å². The first-order chi connectivity index (χ1) is 13.1. The van der Waals surface area contributed by atoms with E-state index in [1.165, 1.54) is 33.2 Å². The summed E-state index contributed by atoms with van der Waals surface area (Å²) < 4.78 is 58.0. The zero-order valence-corrected chi connectivity index (χ0v) is 17.2. The summed E-state index contributed by atoms with van der Waals surface area (Å²) in [7, 11) is -5.24. The van der Waals surface area contributed by atoms with Gasteiger partial charge in [-0.25, -0.2) is 21.1 Å². The third kappa shape index (κ3) is 3.33. The molecule has 2 aromatic carbocycles. The van der Waals surface area contributed by atoms with Gasteiger partial charge < -0.3 is 4.74 Å². The number of carbonyl (C=O) groups excluding carboxylic acids is 1. The van der Waals surface area contributed by atoms with Crippen LogP contribution in [0.1, 0.15) is 6.92 Å². The van der Waals surface area contributed by atoms with Crippen LogP contribution in [0.3, 0.4) is 0 Å². The molecule has 8 nitrogen and oxygen atoms in total. The van der Waals surface area contributed by atoms with Crippen LogP contribution in [-0.2, 0) is 24.8 Å². The van der Waals surface area contributed by atoms with Crippen LogP contribution in [0.2, 0.25) is 0 Å². The average molecular weight is 425 g/mol. The van der Waals surface area contributed by atoms with Gasteiger partial charge in [-0.2, -0.15) is 0 Å². The van der Waals surface area contributed by atoms with Crippen molar-refractivity contribution in [3.8, 4) is 5.75 Å². The summed E-state index contributed by atoms with van der Waals surface area (Å²) in [6.07, 6.45) is 0. The fourth-order valence-electron chi connectivity index (χ4n) is 3.00. The molecule has 1 aliphatic heterocycles. The Kier molecular flexibility index (Phi) is 5.11. The van der Waals surface area contributed by atoms with Gasteiger partial charge in [0.25, 0.3) is 10.0 Å². The molecule has 150 valence electrons. The molecular formula is C18H20N2O6S2. The summed E-state index contributed by atoms with van der Waals surface area (Å²) in [6.45, 7) is 1.52. The third-order valence-electron chi connectivity index (χ3n) is 4.50. The van der Waals surface area contributed by atoms with Crippen LogP contribution in [0.25, 0.3) is 0 Å². The molecule has 0 saturated carbocycles. The van der Waals surface area contributed by atoms with Crippen molar-refractivity contribution in [2.75, 3.05) is 28.5 Å². The molecule has 0 bridgehead atoms. The van der Waals surface area contributed by atoms with Crippen LogP contribution in [0.5, 0.6) is 5.75 Å². The highest BCUT2D eigenvalue weighted by molar-refractivity contribution is 7.94. The minimum atomic E-state index is -4.08. The Balaban J connectivity index is 2.14. The number of ether oxygens (including phenoxy) is 1. The number of carbonyl (C=O) groups is 1. The molecule has 1 atom stereocenters. The van der Waals surface area contributed by atoms with Crippen LogP contribution in [0.15, 0.2) is 53.4 Å². The van der Waals surface area contributed by atoms with Crippen molar-refractivity contribution < 1.29 is 26.4 Å². The summed E-state index contributed by atoms with van der Waals surface area (Å²) in [4.78, 5) is 12.1. The fraction of sp³-hybridized carbons (Fsp3) is 0.278. The number of para-hydroxylation sites is 1. The smallest absolute Gasteiger partial charge is 0.267 e. The lowest BCUT2D eigenvalue weighted by Crippen LogP contribution is -2.31. The standard InChI is InChI=1S/C18H20N2O6S2/c1-13-12-27(22,23)20(18(13)21)15-9-10-16(26-3)17(11-15)28(24,25)19(2)14-7-5-4-6-8-14/h4-11,13H,12H2,1-3H3. The zero-order chi connectivity index (χ0) is 20.7. The molecule has 1 unspecified atom stereocenters. The minimum absolute atomic E-state index is 0.0322. The van der Waals surface area contributed by atoms with Crippen LogP contribution in [-0.4, -0.2) is 42.7 Å². The third-order valence-corrected chi connectivity index (χ3v) is 8.18. The highest BCUT2D eigenvalue weighted by Crippen LogP contribution is 2.35. The number of amides is 1. The Morgan fingerprint density at radius 1 is 1.14 bits per heavy atom. The van der Waals surface area contributed by atoms with Gasteiger partial charge in [0.05, 0.1) is 30.2 Å². The van der Waals surface area contributed by atoms with Crippen molar-refractivity contribution in [1.29, 1.82) is 0 Å². The van der Waals surface area contributed by atoms with Crippen LogP contribution < -0.4 is 13.3 Å². The van der Waals surface area contributed by atoms with E-state index in [4.69, 9.17) is 4.74 Å². The number of hydrogen-bond acceptors (Lipinski definition) is 6. The van der Waals surface area contributed by atoms with Gasteiger partial charge in [-0.3, -0.25) is 9.10 Å². The normalized spacial score (nSPS) is 18.9. The molecule has 1 amide bonds. The number of methoxy groups -OCH3 is 1. The van der Waals surface area contributed by atoms with E-state index in [1.807, 2.05) is 0 Å². The second-order valence-corrected chi connectivity index (χ2v) is 10.2. The Morgan fingerprint density at radius 2 is 1.79 bits per heavy atom. The number of anilines is 2. The first kappa shape index (κ1) is 20.2. The summed E-state index contributed by atoms with van der Waals surface area (Å²) in [5, 5.41) is 0. The summed E-state index contributed by atoms with van der Waals surface area (Å²) in [6, 6.07) is 12.3. The summed E-state index contributed by atoms with van der Waals surface area (Å²) in [5.74, 6) is -1.56. The van der Waals surface area contributed by atoms with Crippen molar-refractivity contribution >= 4 is 37.3 Å². The predicted molar refractivity (Wildman–Crippen MR) is 105 cm³/mol. The molecule has 0 N–H and O–H groups in total. The highest BCUT2D eigenvalue weighted by atomic mass is 32.2. The molecule has 1 fully saturated rings. The number of nitrogens with zero attached hydrogens (tertiary/aromatic N) is 2. The van der Waals surface area contributed by atoms with Crippen molar-refractivity contribution in [2.24, 2.45) is 5.92 Å². The molecule has 28 heavy (non-hydrogen) atoms. The quantitative estimate of drug-likeness (QED) is 0.726. The van der Waals surface area contributed by atoms with E-state index in [-0.39, 0.29) is 22.1 Å². The first-order valence-electron chi connectivity index (χ1n) is 8.38. The lowest BCUT2D eigenvalue weighted by atomic mass is 10.2. The summed E-state index contributed by atoms with van der Waals surface area (Å²) >= 11 is 0. The molecule has 0 aliphatic carbocycles. The molecule has 0 aromatic heterocycles. The Morgan fingerprint density at radius 3 is 2.32 bits per heavy atom. The van der Waals surface area contributed by atoms with Gasteiger partial charge in [-0.15, -0.1) is 0 Å². The van der Waals surface area contributed by atoms with Gasteiger partial charge in [-0.1, -0.05) is 25.1 Å². The van der Waals surface area contributed by atoms with Gasteiger partial charge in [0.1, 0.15) is 10.6 Å². The minimum Gasteiger partial charge on any atom is -0.495 e. The lowest BCUT2D eigenvalue weighted by molar-refractivity contribution is -0.119. The van der Waals surface area contributed by atoms with E-state index >= 15 is 0 Å². The van der Waals surface area contributed by atoms with Crippen LogP contribution in [0, 0.1) is 5.92 Å². The second kappa shape index (κ2) is 7.10. The van der Waals surface area contributed by atoms with E-state index in [0.717, 1.165) is 10.4 Å². The molecule has 3 rings (SSSR count). The molecule has 10 heteroatoms. The maximum absolute atomic E-state index is 13.2. The Labute approximate surface area is 164 Å². The Bertz CT molecular complexity index is 1110. The highest BCUT2D eigenvalue weighted by Gasteiger charge is 2.42. The molecule has 2 aromatic rings. The van der Waals surface area contributed by atoms with Crippen molar-refractivity contribution in [3.05, 3.63) is 48.5 Å². The summed E-state index contributed by atoms with van der Waals surface area (Å²) in [5.41, 5.74) is 0.392. The first-order valence-corrected chi connectivity index (χ1v) is 11.4. The maximum atomic E-state index is 13.2. The fourth-order valence-corrected chi connectivity index (χ4v) is 6.19. The SMILES string of the molecule is COc1ccc(N2C(=O)C(C)CS2(=O)=O)cc1S(=O)(=O)N(C)c1ccccc1. The number of rotatable bonds is 5. The topological polar surface area (TPSA) is 101 Å². The number of benzene rings is 2. The van der Waals surface area contributed by atoms with Gasteiger partial charge in [0.15, 0.2) is 0 Å². The average Bonchev–Trinajstić information content (AvgIpc) is 2.88. The van der Waals surface area contributed by atoms with Gasteiger partial charge in [0.2, 0.25) is 15.9 Å². The van der Waals surface area contributed by atoms with E-state index in [2.05, 4.69) is 0 Å². The van der Waals surface area contributed by atoms with Crippen LogP contribution >= 0.6 is 0 Å². The monoisotopic (exact) mass is 424 g/mol. The molecule has 1 aliphatic rings. The van der Waals surface area contributed by atoms with Gasteiger partial charge in [0, 0.05) is 7.05 Å². The van der Waals surface area contributed by atoms with Crippen molar-refractivity contribution in [3.63, 3.8) is 0 Å². The van der Waals surface area contributed by atoms with E-state index < -0.39 is 31.9 Å². The van der Waals surface area contributed by atoms with E-state index in [9.17, 15) is 21.6 Å². The Hall–Kier alpha value is -2.59. The zero-order valence-electron chi connectivity index (χ0n) is 15.6. The molecule has 1 heterocycles. The molecule has 0 spiro atoms. The van der Waals surface area contributed by atoms with E-state index in [1.54, 1.807) is 30.3 Å². The van der Waals surface area contributed by atoms with E-state index in [0.29, 0.717) is 9.99 Å². The number of sulfonamides is 2. The largest absolute Gasteiger partial charge is 0.495 e. The maximum Gasteiger partial charge on any atom is 0.267 e. The molecule has 1 saturated heterocycles.